The molecule has 4 heterocycles. The van der Waals surface area contributed by atoms with Crippen molar-refractivity contribution >= 4 is 40.2 Å². The smallest absolute Gasteiger partial charge is 0.417 e. The van der Waals surface area contributed by atoms with Crippen LogP contribution in [-0.2, 0) is 6.42 Å². The first-order chi connectivity index (χ1) is 18.9. The van der Waals surface area contributed by atoms with Crippen molar-refractivity contribution in [2.75, 3.05) is 37.0 Å². The first-order valence-electron chi connectivity index (χ1n) is 12.7. The van der Waals surface area contributed by atoms with Gasteiger partial charge < -0.3 is 29.0 Å². The molecule has 0 aliphatic carbocycles. The topological polar surface area (TPSA) is 126 Å². The Kier molecular flexibility index (Phi) is 6.51. The third-order valence-electron chi connectivity index (χ3n) is 7.25. The van der Waals surface area contributed by atoms with Gasteiger partial charge in [0.05, 0.1) is 12.6 Å². The number of anilines is 2. The van der Waals surface area contributed by atoms with Crippen LogP contribution in [0.5, 0.6) is 17.4 Å². The third kappa shape index (κ3) is 5.09. The summed E-state index contributed by atoms with van der Waals surface area (Å²) in [6.07, 6.45) is 2.33. The Morgan fingerprint density at radius 3 is 2.67 bits per heavy atom. The number of fused-ring (bicyclic) bond motifs is 2. The van der Waals surface area contributed by atoms with E-state index in [1.807, 2.05) is 30.0 Å². The van der Waals surface area contributed by atoms with Crippen molar-refractivity contribution in [3.8, 4) is 17.4 Å². The number of halogens is 1. The zero-order valence-electron chi connectivity index (χ0n) is 21.5. The Balaban J connectivity index is 1.13. The van der Waals surface area contributed by atoms with Gasteiger partial charge in [-0.1, -0.05) is 0 Å². The molecule has 2 N–H and O–H groups in total. The molecule has 39 heavy (non-hydrogen) atoms. The van der Waals surface area contributed by atoms with E-state index in [9.17, 15) is 9.59 Å². The predicted molar refractivity (Wildman–Crippen MR) is 146 cm³/mol. The summed E-state index contributed by atoms with van der Waals surface area (Å²) in [5.41, 5.74) is 3.72. The summed E-state index contributed by atoms with van der Waals surface area (Å²) < 4.78 is 16.5. The van der Waals surface area contributed by atoms with E-state index >= 15 is 0 Å². The Bertz CT molecular complexity index is 1610. The van der Waals surface area contributed by atoms with Crippen LogP contribution in [0.25, 0.3) is 11.1 Å². The largest absolute Gasteiger partial charge is 0.497 e. The second-order valence-corrected chi connectivity index (χ2v) is 10.0. The molecule has 0 bridgehead atoms. The predicted octanol–water partition coefficient (Wildman–Crippen LogP) is 4.73. The lowest BCUT2D eigenvalue weighted by molar-refractivity contribution is 0.177. The quantitative estimate of drug-likeness (QED) is 0.341. The average molecular weight is 551 g/mol. The molecule has 2 aliphatic rings. The number of nitrogens with zero attached hydrogens (tertiary/aromatic N) is 4. The molecule has 1 saturated heterocycles. The molecular formula is C27H27ClN6O5. The molecule has 12 heteroatoms. The summed E-state index contributed by atoms with van der Waals surface area (Å²) in [7, 11) is 1.64. The highest BCUT2D eigenvalue weighted by Crippen LogP contribution is 2.31. The number of nitrogens with one attached hydrogen (secondary N) is 2. The van der Waals surface area contributed by atoms with E-state index in [0.29, 0.717) is 42.3 Å². The van der Waals surface area contributed by atoms with Crippen molar-refractivity contribution in [3.05, 3.63) is 63.4 Å². The van der Waals surface area contributed by atoms with Crippen LogP contribution in [-0.4, -0.2) is 58.7 Å². The number of carbonyl (C=O) groups excluding carboxylic acids is 1. The lowest BCUT2D eigenvalue weighted by atomic mass is 10.0. The Hall–Kier alpha value is -4.25. The maximum Gasteiger partial charge on any atom is 0.417 e. The number of methoxy groups -OCH3 is 1. The number of H-pyrrole nitrogens is 1. The molecule has 0 radical (unpaired) electrons. The lowest BCUT2D eigenvalue weighted by Gasteiger charge is -2.38. The fourth-order valence-corrected chi connectivity index (χ4v) is 5.45. The van der Waals surface area contributed by atoms with E-state index in [4.69, 9.17) is 25.5 Å². The highest BCUT2D eigenvalue weighted by Gasteiger charge is 2.31. The van der Waals surface area contributed by atoms with Gasteiger partial charge >= 0.3 is 11.8 Å². The van der Waals surface area contributed by atoms with Crippen LogP contribution < -0.4 is 25.4 Å². The molecular weight excluding hydrogens is 524 g/mol. The molecule has 2 aliphatic heterocycles. The summed E-state index contributed by atoms with van der Waals surface area (Å²) in [4.78, 5) is 39.9. The highest BCUT2D eigenvalue weighted by molar-refractivity contribution is 6.28. The molecule has 6 rings (SSSR count). The standard InChI is InChI=1S/C27H27ClN6O5/c1-15-11-19(13-21-24(15)32-27(36)39-21)38-23-14-22(30-25(28)31-23)33-8-6-17(7-9-33)34-10-5-16-12-18(37-2)3-4-20(16)29-26(34)35/h3-4,11-14,17H,5-10H2,1-2H3,(H,29,35)(H,32,36). The summed E-state index contributed by atoms with van der Waals surface area (Å²) in [5.74, 6) is 1.65. The minimum Gasteiger partial charge on any atom is -0.497 e. The number of aryl methyl sites for hydroxylation is 1. The van der Waals surface area contributed by atoms with Crippen molar-refractivity contribution in [3.63, 3.8) is 0 Å². The SMILES string of the molecule is COc1ccc2c(c1)CCN(C1CCN(c3cc(Oc4cc(C)c5[nH]c(=O)oc5c4)nc(Cl)n3)CC1)C(=O)N2. The van der Waals surface area contributed by atoms with Gasteiger partial charge in [-0.3, -0.25) is 4.98 Å². The molecule has 11 nitrogen and oxygen atoms in total. The number of piperidine rings is 1. The van der Waals surface area contributed by atoms with Gasteiger partial charge in [0.2, 0.25) is 11.2 Å². The van der Waals surface area contributed by atoms with Gasteiger partial charge in [0.25, 0.3) is 0 Å². The van der Waals surface area contributed by atoms with Gasteiger partial charge in [-0.15, -0.1) is 0 Å². The van der Waals surface area contributed by atoms with Crippen LogP contribution in [0.4, 0.5) is 16.3 Å². The number of hydrogen-bond donors (Lipinski definition) is 2. The molecule has 0 saturated carbocycles. The Labute approximate surface area is 228 Å². The lowest BCUT2D eigenvalue weighted by Crippen LogP contribution is -2.49. The maximum absolute atomic E-state index is 13.0. The van der Waals surface area contributed by atoms with E-state index < -0.39 is 5.76 Å². The molecule has 0 atom stereocenters. The molecule has 2 aromatic carbocycles. The number of urea groups is 1. The molecule has 0 unspecified atom stereocenters. The van der Waals surface area contributed by atoms with Gasteiger partial charge in [-0.2, -0.15) is 4.98 Å². The van der Waals surface area contributed by atoms with Crippen molar-refractivity contribution in [2.24, 2.45) is 0 Å². The Morgan fingerprint density at radius 1 is 1.05 bits per heavy atom. The monoisotopic (exact) mass is 550 g/mol. The molecule has 202 valence electrons. The molecule has 2 aromatic heterocycles. The van der Waals surface area contributed by atoms with Crippen LogP contribution in [0.2, 0.25) is 5.28 Å². The number of carbonyl (C=O) groups is 1. The van der Waals surface area contributed by atoms with Crippen LogP contribution in [0, 0.1) is 6.92 Å². The zero-order valence-corrected chi connectivity index (χ0v) is 22.2. The van der Waals surface area contributed by atoms with Crippen LogP contribution in [0.3, 0.4) is 0 Å². The van der Waals surface area contributed by atoms with Crippen LogP contribution in [0.15, 0.2) is 45.6 Å². The normalized spacial score (nSPS) is 16.1. The fraction of sp³-hybridized carbons (Fsp3) is 0.333. The number of benzene rings is 2. The van der Waals surface area contributed by atoms with Crippen molar-refractivity contribution in [2.45, 2.75) is 32.2 Å². The van der Waals surface area contributed by atoms with Crippen molar-refractivity contribution < 1.29 is 18.7 Å². The molecule has 4 aromatic rings. The summed E-state index contributed by atoms with van der Waals surface area (Å²) in [6.45, 7) is 3.88. The van der Waals surface area contributed by atoms with Gasteiger partial charge in [0, 0.05) is 43.5 Å². The number of aromatic nitrogens is 3. The van der Waals surface area contributed by atoms with E-state index in [0.717, 1.165) is 41.8 Å². The van der Waals surface area contributed by atoms with E-state index in [2.05, 4.69) is 25.2 Å². The zero-order chi connectivity index (χ0) is 27.1. The number of oxazole rings is 1. The minimum atomic E-state index is -0.525. The van der Waals surface area contributed by atoms with Crippen molar-refractivity contribution in [1.82, 2.24) is 19.9 Å². The Morgan fingerprint density at radius 2 is 1.87 bits per heavy atom. The first kappa shape index (κ1) is 25.1. The van der Waals surface area contributed by atoms with Crippen LogP contribution >= 0.6 is 11.6 Å². The minimum absolute atomic E-state index is 0.0655. The second-order valence-electron chi connectivity index (χ2n) is 9.68. The first-order valence-corrected chi connectivity index (χ1v) is 13.1. The van der Waals surface area contributed by atoms with Gasteiger partial charge in [-0.25, -0.2) is 14.6 Å². The van der Waals surface area contributed by atoms with E-state index in [-0.39, 0.29) is 23.2 Å². The number of amides is 2. The van der Waals surface area contributed by atoms with Crippen molar-refractivity contribution in [1.29, 1.82) is 0 Å². The third-order valence-corrected chi connectivity index (χ3v) is 7.42. The van der Waals surface area contributed by atoms with Gasteiger partial charge in [0.1, 0.15) is 17.3 Å². The van der Waals surface area contributed by atoms with Crippen LogP contribution in [0.1, 0.15) is 24.0 Å². The van der Waals surface area contributed by atoms with E-state index in [1.165, 1.54) is 0 Å². The number of rotatable bonds is 5. The molecule has 2 amide bonds. The number of hydrogen-bond acceptors (Lipinski definition) is 8. The number of ether oxygens (including phenoxy) is 2. The van der Waals surface area contributed by atoms with Gasteiger partial charge in [-0.05, 0) is 73.2 Å². The van der Waals surface area contributed by atoms with E-state index in [1.54, 1.807) is 25.3 Å². The summed E-state index contributed by atoms with van der Waals surface area (Å²) in [6, 6.07) is 10.9. The summed E-state index contributed by atoms with van der Waals surface area (Å²) in [5, 5.41) is 3.12. The molecule has 1 fully saturated rings. The molecule has 0 spiro atoms. The van der Waals surface area contributed by atoms with Gasteiger partial charge in [0.15, 0.2) is 5.58 Å². The average Bonchev–Trinajstić information content (AvgIpc) is 3.21. The highest BCUT2D eigenvalue weighted by atomic mass is 35.5. The fourth-order valence-electron chi connectivity index (χ4n) is 5.28. The summed E-state index contributed by atoms with van der Waals surface area (Å²) >= 11 is 6.25. The number of aromatic amines is 1. The maximum atomic E-state index is 13.0. The second kappa shape index (κ2) is 10.1.